The topological polar surface area (TPSA) is 37.3 Å². The van der Waals surface area contributed by atoms with Crippen LogP contribution in [-0.2, 0) is 4.79 Å². The van der Waals surface area contributed by atoms with Gasteiger partial charge in [-0.25, -0.2) is 0 Å². The van der Waals surface area contributed by atoms with Gasteiger partial charge in [0.1, 0.15) is 0 Å². The maximum Gasteiger partial charge on any atom is 0.306 e. The minimum Gasteiger partial charge on any atom is -0.481 e. The zero-order valence-electron chi connectivity index (χ0n) is 10.4. The minimum atomic E-state index is -0.593. The summed E-state index contributed by atoms with van der Waals surface area (Å²) in [5, 5.41) is 9.23. The summed E-state index contributed by atoms with van der Waals surface area (Å²) >= 11 is 0. The molecule has 3 unspecified atom stereocenters. The van der Waals surface area contributed by atoms with Crippen molar-refractivity contribution in [1.29, 1.82) is 0 Å². The molecule has 15 heavy (non-hydrogen) atoms. The van der Waals surface area contributed by atoms with Crippen molar-refractivity contribution in [2.75, 3.05) is 0 Å². The van der Waals surface area contributed by atoms with Crippen LogP contribution in [0.2, 0.25) is 0 Å². The Hall–Kier alpha value is -0.530. The van der Waals surface area contributed by atoms with Crippen molar-refractivity contribution in [3.05, 3.63) is 0 Å². The predicted octanol–water partition coefficient (Wildman–Crippen LogP) is 3.56. The molecule has 2 heteroatoms. The predicted molar refractivity (Wildman–Crippen MR) is 61.7 cm³/mol. The van der Waals surface area contributed by atoms with Gasteiger partial charge in [0.25, 0.3) is 0 Å². The number of rotatable bonds is 2. The summed E-state index contributed by atoms with van der Waals surface area (Å²) in [5.74, 6) is 0.371. The molecule has 0 bridgehead atoms. The molecular weight excluding hydrogens is 188 g/mol. The van der Waals surface area contributed by atoms with E-state index < -0.39 is 5.97 Å². The van der Waals surface area contributed by atoms with Gasteiger partial charge in [-0.1, -0.05) is 34.1 Å². The molecule has 0 heterocycles. The van der Waals surface area contributed by atoms with Gasteiger partial charge in [0.05, 0.1) is 5.92 Å². The van der Waals surface area contributed by atoms with E-state index in [-0.39, 0.29) is 11.3 Å². The Morgan fingerprint density at radius 2 is 1.93 bits per heavy atom. The summed E-state index contributed by atoms with van der Waals surface area (Å²) in [5.41, 5.74) is 0.122. The van der Waals surface area contributed by atoms with E-state index in [4.69, 9.17) is 0 Å². The van der Waals surface area contributed by atoms with Gasteiger partial charge in [-0.15, -0.1) is 0 Å². The van der Waals surface area contributed by atoms with Crippen LogP contribution in [0.4, 0.5) is 0 Å². The smallest absolute Gasteiger partial charge is 0.306 e. The lowest BCUT2D eigenvalue weighted by molar-refractivity contribution is -0.147. The highest BCUT2D eigenvalue weighted by molar-refractivity contribution is 5.70. The molecule has 0 amide bonds. The second-order valence-electron chi connectivity index (χ2n) is 6.00. The van der Waals surface area contributed by atoms with Crippen LogP contribution in [-0.4, -0.2) is 11.1 Å². The lowest BCUT2D eigenvalue weighted by atomic mass is 9.63. The zero-order valence-corrected chi connectivity index (χ0v) is 10.4. The van der Waals surface area contributed by atoms with Crippen molar-refractivity contribution in [1.82, 2.24) is 0 Å². The fraction of sp³-hybridized carbons (Fsp3) is 0.923. The van der Waals surface area contributed by atoms with Crippen LogP contribution in [0, 0.1) is 23.2 Å². The first-order valence-electron chi connectivity index (χ1n) is 6.09. The van der Waals surface area contributed by atoms with Gasteiger partial charge in [0, 0.05) is 0 Å². The molecule has 1 N–H and O–H groups in total. The molecule has 0 radical (unpaired) electrons. The Balaban J connectivity index is 2.78. The van der Waals surface area contributed by atoms with E-state index in [9.17, 15) is 9.90 Å². The van der Waals surface area contributed by atoms with Crippen molar-refractivity contribution < 1.29 is 9.90 Å². The maximum absolute atomic E-state index is 11.2. The second kappa shape index (κ2) is 4.54. The molecule has 1 aliphatic rings. The average Bonchev–Trinajstić information content (AvgIpc) is 2.15. The normalized spacial score (nSPS) is 32.7. The molecule has 0 aromatic carbocycles. The van der Waals surface area contributed by atoms with Gasteiger partial charge in [0.2, 0.25) is 0 Å². The summed E-state index contributed by atoms with van der Waals surface area (Å²) in [6.07, 6.45) is 4.26. The first-order chi connectivity index (χ1) is 6.86. The van der Waals surface area contributed by atoms with Crippen molar-refractivity contribution >= 4 is 5.97 Å². The molecule has 1 saturated carbocycles. The van der Waals surface area contributed by atoms with E-state index in [1.807, 2.05) is 0 Å². The Labute approximate surface area is 93.1 Å². The van der Waals surface area contributed by atoms with Crippen LogP contribution < -0.4 is 0 Å². The van der Waals surface area contributed by atoms with Gasteiger partial charge in [-0.3, -0.25) is 4.79 Å². The SMILES string of the molecule is CCC1CCC(C(=O)O)C(C(C)(C)C)C1. The zero-order chi connectivity index (χ0) is 11.6. The van der Waals surface area contributed by atoms with Crippen LogP contribution >= 0.6 is 0 Å². The molecule has 1 aliphatic carbocycles. The molecule has 88 valence electrons. The molecule has 1 rings (SSSR count). The van der Waals surface area contributed by atoms with Crippen LogP contribution in [0.15, 0.2) is 0 Å². The molecule has 0 saturated heterocycles. The van der Waals surface area contributed by atoms with Crippen LogP contribution in [0.5, 0.6) is 0 Å². The Kier molecular flexibility index (Phi) is 3.80. The van der Waals surface area contributed by atoms with Crippen LogP contribution in [0.25, 0.3) is 0 Å². The lowest BCUT2D eigenvalue weighted by Crippen LogP contribution is -2.38. The third-order valence-corrected chi connectivity index (χ3v) is 3.97. The largest absolute Gasteiger partial charge is 0.481 e. The van der Waals surface area contributed by atoms with E-state index in [0.29, 0.717) is 5.92 Å². The van der Waals surface area contributed by atoms with Crippen LogP contribution in [0.3, 0.4) is 0 Å². The number of hydrogen-bond acceptors (Lipinski definition) is 1. The monoisotopic (exact) mass is 212 g/mol. The number of hydrogen-bond donors (Lipinski definition) is 1. The fourth-order valence-corrected chi connectivity index (χ4v) is 2.88. The summed E-state index contributed by atoms with van der Waals surface area (Å²) in [7, 11) is 0. The first kappa shape index (κ1) is 12.5. The van der Waals surface area contributed by atoms with Crippen molar-refractivity contribution in [2.45, 2.75) is 53.4 Å². The van der Waals surface area contributed by atoms with Gasteiger partial charge in [0.15, 0.2) is 0 Å². The fourth-order valence-electron chi connectivity index (χ4n) is 2.88. The van der Waals surface area contributed by atoms with Crippen LogP contribution in [0.1, 0.15) is 53.4 Å². The van der Waals surface area contributed by atoms with Crippen molar-refractivity contribution in [3.8, 4) is 0 Å². The van der Waals surface area contributed by atoms with Gasteiger partial charge in [-0.2, -0.15) is 0 Å². The third-order valence-electron chi connectivity index (χ3n) is 3.97. The van der Waals surface area contributed by atoms with E-state index >= 15 is 0 Å². The summed E-state index contributed by atoms with van der Waals surface area (Å²) < 4.78 is 0. The lowest BCUT2D eigenvalue weighted by Gasteiger charge is -2.41. The van der Waals surface area contributed by atoms with Gasteiger partial charge < -0.3 is 5.11 Å². The number of carboxylic acids is 1. The number of aliphatic carboxylic acids is 1. The third kappa shape index (κ3) is 2.96. The van der Waals surface area contributed by atoms with E-state index in [0.717, 1.165) is 25.2 Å². The summed E-state index contributed by atoms with van der Waals surface area (Å²) in [4.78, 5) is 11.2. The Bertz CT molecular complexity index is 227. The molecular formula is C13H24O2. The minimum absolute atomic E-state index is 0.118. The molecule has 0 aromatic rings. The summed E-state index contributed by atoms with van der Waals surface area (Å²) in [6, 6.07) is 0. The molecule has 3 atom stereocenters. The molecule has 0 spiro atoms. The van der Waals surface area contributed by atoms with Crippen molar-refractivity contribution in [2.24, 2.45) is 23.2 Å². The molecule has 0 aromatic heterocycles. The first-order valence-corrected chi connectivity index (χ1v) is 6.09. The van der Waals surface area contributed by atoms with E-state index in [1.165, 1.54) is 6.42 Å². The Morgan fingerprint density at radius 1 is 1.33 bits per heavy atom. The van der Waals surface area contributed by atoms with Gasteiger partial charge >= 0.3 is 5.97 Å². The number of carbonyl (C=O) groups is 1. The maximum atomic E-state index is 11.2. The second-order valence-corrected chi connectivity index (χ2v) is 6.00. The number of carboxylic acid groups (broad SMARTS) is 1. The molecule has 0 aliphatic heterocycles. The molecule has 2 nitrogen and oxygen atoms in total. The Morgan fingerprint density at radius 3 is 2.33 bits per heavy atom. The quantitative estimate of drug-likeness (QED) is 0.760. The average molecular weight is 212 g/mol. The molecule has 1 fully saturated rings. The highest BCUT2D eigenvalue weighted by Crippen LogP contribution is 2.44. The summed E-state index contributed by atoms with van der Waals surface area (Å²) in [6.45, 7) is 8.73. The van der Waals surface area contributed by atoms with E-state index in [2.05, 4.69) is 27.7 Å². The van der Waals surface area contributed by atoms with Gasteiger partial charge in [-0.05, 0) is 36.5 Å². The van der Waals surface area contributed by atoms with E-state index in [1.54, 1.807) is 0 Å². The highest BCUT2D eigenvalue weighted by atomic mass is 16.4. The van der Waals surface area contributed by atoms with Crippen molar-refractivity contribution in [3.63, 3.8) is 0 Å². The standard InChI is InChI=1S/C13H24O2/c1-5-9-6-7-10(12(14)15)11(8-9)13(2,3)4/h9-11H,5-8H2,1-4H3,(H,14,15). The highest BCUT2D eigenvalue weighted by Gasteiger charge is 2.40.